The van der Waals surface area contributed by atoms with E-state index in [4.69, 9.17) is 4.74 Å². The van der Waals surface area contributed by atoms with Gasteiger partial charge in [-0.2, -0.15) is 5.10 Å². The molecule has 1 aliphatic rings. The number of nitrogens with zero attached hydrogens (tertiary/aromatic N) is 2. The van der Waals surface area contributed by atoms with E-state index >= 15 is 0 Å². The topological polar surface area (TPSA) is 47.3 Å². The van der Waals surface area contributed by atoms with Crippen molar-refractivity contribution < 1.29 is 9.84 Å². The first-order valence-corrected chi connectivity index (χ1v) is 7.13. The van der Waals surface area contributed by atoms with Crippen LogP contribution < -0.4 is 4.74 Å². The van der Waals surface area contributed by atoms with Crippen molar-refractivity contribution in [1.82, 2.24) is 9.78 Å². The Labute approximate surface area is 119 Å². The summed E-state index contributed by atoms with van der Waals surface area (Å²) in [5.41, 5.74) is 4.41. The maximum atomic E-state index is 9.79. The number of hydrogen-bond acceptors (Lipinski definition) is 3. The average molecular weight is 272 g/mol. The van der Waals surface area contributed by atoms with E-state index in [1.807, 2.05) is 29.9 Å². The number of benzene rings is 1. The van der Waals surface area contributed by atoms with Crippen molar-refractivity contribution in [3.8, 4) is 5.75 Å². The van der Waals surface area contributed by atoms with E-state index in [1.54, 1.807) is 0 Å². The minimum atomic E-state index is -0.303. The van der Waals surface area contributed by atoms with E-state index in [-0.39, 0.29) is 6.10 Å². The Morgan fingerprint density at radius 3 is 3.00 bits per heavy atom. The normalized spacial score (nSPS) is 17.2. The Morgan fingerprint density at radius 1 is 1.40 bits per heavy atom. The van der Waals surface area contributed by atoms with Crippen LogP contribution in [0.25, 0.3) is 0 Å². The van der Waals surface area contributed by atoms with Gasteiger partial charge in [0.25, 0.3) is 0 Å². The summed E-state index contributed by atoms with van der Waals surface area (Å²) < 4.78 is 7.72. The molecule has 2 aromatic rings. The number of hydrogen-bond donors (Lipinski definition) is 1. The number of aromatic nitrogens is 2. The van der Waals surface area contributed by atoms with Crippen molar-refractivity contribution in [1.29, 1.82) is 0 Å². The van der Waals surface area contributed by atoms with E-state index in [1.165, 1.54) is 5.56 Å². The zero-order valence-corrected chi connectivity index (χ0v) is 12.0. The molecule has 0 spiro atoms. The molecule has 0 aliphatic heterocycles. The zero-order valence-electron chi connectivity index (χ0n) is 12.0. The van der Waals surface area contributed by atoms with Crippen LogP contribution >= 0.6 is 0 Å². The molecule has 0 saturated carbocycles. The Hall–Kier alpha value is -1.81. The van der Waals surface area contributed by atoms with Gasteiger partial charge in [0.2, 0.25) is 0 Å². The Morgan fingerprint density at radius 2 is 2.25 bits per heavy atom. The van der Waals surface area contributed by atoms with Crippen LogP contribution in [0.5, 0.6) is 5.75 Å². The van der Waals surface area contributed by atoms with Crippen LogP contribution in [0.1, 0.15) is 42.0 Å². The molecule has 0 saturated heterocycles. The Balaban J connectivity index is 1.71. The summed E-state index contributed by atoms with van der Waals surface area (Å²) in [6.07, 6.45) is 2.38. The standard InChI is InChI=1S/C16H20N2O2/c1-3-12-9-13(18(2)17-12)10-20-14-5-6-15-11(8-14)4-7-16(15)19/h5-6,8-9,16,19H,3-4,7,10H2,1-2H3/t16-/m1/s1. The largest absolute Gasteiger partial charge is 0.487 e. The molecule has 4 nitrogen and oxygen atoms in total. The quantitative estimate of drug-likeness (QED) is 0.930. The van der Waals surface area contributed by atoms with Gasteiger partial charge in [-0.3, -0.25) is 4.68 Å². The molecule has 1 heterocycles. The smallest absolute Gasteiger partial charge is 0.130 e. The van der Waals surface area contributed by atoms with Gasteiger partial charge in [0, 0.05) is 7.05 Å². The number of aliphatic hydroxyl groups is 1. The number of fused-ring (bicyclic) bond motifs is 1. The molecule has 1 aromatic carbocycles. The van der Waals surface area contributed by atoms with E-state index < -0.39 is 0 Å². The number of aryl methyl sites for hydroxylation is 3. The maximum Gasteiger partial charge on any atom is 0.130 e. The van der Waals surface area contributed by atoms with Crippen molar-refractivity contribution in [2.45, 2.75) is 38.9 Å². The van der Waals surface area contributed by atoms with Crippen LogP contribution in [-0.4, -0.2) is 14.9 Å². The minimum absolute atomic E-state index is 0.303. The molecule has 1 atom stereocenters. The van der Waals surface area contributed by atoms with Gasteiger partial charge in [0.05, 0.1) is 17.5 Å². The third-order valence-electron chi connectivity index (χ3n) is 3.94. The predicted molar refractivity (Wildman–Crippen MR) is 76.6 cm³/mol. The van der Waals surface area contributed by atoms with Gasteiger partial charge in [-0.15, -0.1) is 0 Å². The van der Waals surface area contributed by atoms with Crippen molar-refractivity contribution >= 4 is 0 Å². The summed E-state index contributed by atoms with van der Waals surface area (Å²) in [5, 5.41) is 14.2. The first kappa shape index (κ1) is 13.2. The summed E-state index contributed by atoms with van der Waals surface area (Å²) in [5.74, 6) is 0.858. The second-order valence-corrected chi connectivity index (χ2v) is 5.31. The fraction of sp³-hybridized carbons (Fsp3) is 0.438. The van der Waals surface area contributed by atoms with Crippen molar-refractivity contribution in [2.75, 3.05) is 0 Å². The van der Waals surface area contributed by atoms with Crippen LogP contribution in [0.15, 0.2) is 24.3 Å². The average Bonchev–Trinajstić information content (AvgIpc) is 3.00. The summed E-state index contributed by atoms with van der Waals surface area (Å²) >= 11 is 0. The van der Waals surface area contributed by atoms with Gasteiger partial charge in [0.15, 0.2) is 0 Å². The van der Waals surface area contributed by atoms with Gasteiger partial charge in [-0.1, -0.05) is 13.0 Å². The SMILES string of the molecule is CCc1cc(COc2ccc3c(c2)CC[C@H]3O)n(C)n1. The summed E-state index contributed by atoms with van der Waals surface area (Å²) in [7, 11) is 1.94. The molecule has 0 bridgehead atoms. The monoisotopic (exact) mass is 272 g/mol. The summed E-state index contributed by atoms with van der Waals surface area (Å²) in [6, 6.07) is 8.04. The van der Waals surface area contributed by atoms with E-state index in [0.717, 1.165) is 42.0 Å². The molecule has 0 amide bonds. The predicted octanol–water partition coefficient (Wildman–Crippen LogP) is 2.54. The van der Waals surface area contributed by atoms with E-state index in [2.05, 4.69) is 18.1 Å². The fourth-order valence-corrected chi connectivity index (χ4v) is 2.70. The molecule has 20 heavy (non-hydrogen) atoms. The molecule has 0 radical (unpaired) electrons. The van der Waals surface area contributed by atoms with Gasteiger partial charge in [-0.05, 0) is 48.6 Å². The first-order chi connectivity index (χ1) is 9.67. The van der Waals surface area contributed by atoms with Crippen molar-refractivity contribution in [3.63, 3.8) is 0 Å². The molecule has 4 heteroatoms. The molecule has 106 valence electrons. The lowest BCUT2D eigenvalue weighted by Gasteiger charge is -2.09. The van der Waals surface area contributed by atoms with Crippen LogP contribution in [0, 0.1) is 0 Å². The lowest BCUT2D eigenvalue weighted by molar-refractivity contribution is 0.180. The van der Waals surface area contributed by atoms with E-state index in [0.29, 0.717) is 6.61 Å². The molecular formula is C16H20N2O2. The highest BCUT2D eigenvalue weighted by Crippen LogP contribution is 2.33. The summed E-state index contributed by atoms with van der Waals surface area (Å²) in [4.78, 5) is 0. The first-order valence-electron chi connectivity index (χ1n) is 7.13. The second kappa shape index (κ2) is 5.29. The number of ether oxygens (including phenoxy) is 1. The molecule has 1 aromatic heterocycles. The van der Waals surface area contributed by atoms with Crippen LogP contribution in [0.3, 0.4) is 0 Å². The van der Waals surface area contributed by atoms with Crippen molar-refractivity contribution in [3.05, 3.63) is 46.8 Å². The number of rotatable bonds is 4. The fourth-order valence-electron chi connectivity index (χ4n) is 2.70. The molecule has 0 unspecified atom stereocenters. The van der Waals surface area contributed by atoms with Gasteiger partial charge in [0.1, 0.15) is 12.4 Å². The van der Waals surface area contributed by atoms with E-state index in [9.17, 15) is 5.11 Å². The molecule has 1 aliphatic carbocycles. The molecular weight excluding hydrogens is 252 g/mol. The lowest BCUT2D eigenvalue weighted by Crippen LogP contribution is -2.03. The van der Waals surface area contributed by atoms with Crippen LogP contribution in [0.4, 0.5) is 0 Å². The van der Waals surface area contributed by atoms with Gasteiger partial charge >= 0.3 is 0 Å². The Bertz CT molecular complexity index is 619. The zero-order chi connectivity index (χ0) is 14.1. The maximum absolute atomic E-state index is 9.79. The minimum Gasteiger partial charge on any atom is -0.487 e. The molecule has 3 rings (SSSR count). The van der Waals surface area contributed by atoms with Gasteiger partial charge in [-0.25, -0.2) is 0 Å². The van der Waals surface area contributed by atoms with Crippen LogP contribution in [0.2, 0.25) is 0 Å². The second-order valence-electron chi connectivity index (χ2n) is 5.31. The molecule has 0 fully saturated rings. The third kappa shape index (κ3) is 2.43. The highest BCUT2D eigenvalue weighted by molar-refractivity contribution is 5.39. The molecule has 1 N–H and O–H groups in total. The highest BCUT2D eigenvalue weighted by atomic mass is 16.5. The van der Waals surface area contributed by atoms with Crippen molar-refractivity contribution in [2.24, 2.45) is 7.05 Å². The van der Waals surface area contributed by atoms with Crippen LogP contribution in [-0.2, 0) is 26.5 Å². The lowest BCUT2D eigenvalue weighted by atomic mass is 10.1. The third-order valence-corrected chi connectivity index (χ3v) is 3.94. The van der Waals surface area contributed by atoms with Gasteiger partial charge < -0.3 is 9.84 Å². The number of aliphatic hydroxyl groups excluding tert-OH is 1. The highest BCUT2D eigenvalue weighted by Gasteiger charge is 2.20. The summed E-state index contributed by atoms with van der Waals surface area (Å²) in [6.45, 7) is 2.61. The Kier molecular flexibility index (Phi) is 3.49.